The summed E-state index contributed by atoms with van der Waals surface area (Å²) in [5.74, 6) is -0.177. The number of carbonyl (C=O) groups excluding carboxylic acids is 1. The SMILES string of the molecule is CCCC(C(=O)N1CC(C)N(C)C(C)C1)C(N)=S. The lowest BCUT2D eigenvalue weighted by Crippen LogP contribution is -2.58. The summed E-state index contributed by atoms with van der Waals surface area (Å²) in [6.07, 6.45) is 1.68. The van der Waals surface area contributed by atoms with Gasteiger partial charge in [0.25, 0.3) is 0 Å². The van der Waals surface area contributed by atoms with Gasteiger partial charge in [-0.05, 0) is 27.3 Å². The molecule has 0 aromatic rings. The van der Waals surface area contributed by atoms with Crippen LogP contribution in [0.1, 0.15) is 33.6 Å². The van der Waals surface area contributed by atoms with Gasteiger partial charge in [-0.1, -0.05) is 25.6 Å². The lowest BCUT2D eigenvalue weighted by molar-refractivity contribution is -0.137. The van der Waals surface area contributed by atoms with Crippen molar-refractivity contribution in [3.63, 3.8) is 0 Å². The Morgan fingerprint density at radius 3 is 2.28 bits per heavy atom. The first-order valence-corrected chi connectivity index (χ1v) is 7.09. The van der Waals surface area contributed by atoms with Crippen LogP contribution in [0.15, 0.2) is 0 Å². The number of nitrogens with two attached hydrogens (primary N) is 1. The zero-order valence-corrected chi connectivity index (χ0v) is 12.7. The van der Waals surface area contributed by atoms with Crippen LogP contribution in [0.2, 0.25) is 0 Å². The number of thiocarbonyl (C=S) groups is 1. The molecular weight excluding hydrogens is 246 g/mol. The highest BCUT2D eigenvalue weighted by molar-refractivity contribution is 7.80. The van der Waals surface area contributed by atoms with E-state index in [2.05, 4.69) is 25.8 Å². The van der Waals surface area contributed by atoms with Crippen LogP contribution in [0.3, 0.4) is 0 Å². The lowest BCUT2D eigenvalue weighted by atomic mass is 10.00. The monoisotopic (exact) mass is 271 g/mol. The fourth-order valence-corrected chi connectivity index (χ4v) is 2.70. The van der Waals surface area contributed by atoms with E-state index in [-0.39, 0.29) is 11.8 Å². The van der Waals surface area contributed by atoms with Crippen LogP contribution in [0, 0.1) is 5.92 Å². The molecule has 1 amide bonds. The van der Waals surface area contributed by atoms with Crippen molar-refractivity contribution in [2.75, 3.05) is 20.1 Å². The van der Waals surface area contributed by atoms with Crippen molar-refractivity contribution < 1.29 is 4.79 Å². The molecular formula is C13H25N3OS. The van der Waals surface area contributed by atoms with E-state index in [1.54, 1.807) is 0 Å². The van der Waals surface area contributed by atoms with Crippen molar-refractivity contribution >= 4 is 23.1 Å². The summed E-state index contributed by atoms with van der Waals surface area (Å²) in [6.45, 7) is 7.87. The van der Waals surface area contributed by atoms with E-state index in [4.69, 9.17) is 18.0 Å². The Kier molecular flexibility index (Phi) is 5.53. The molecule has 0 aromatic carbocycles. The van der Waals surface area contributed by atoms with Crippen LogP contribution >= 0.6 is 12.2 Å². The third-order valence-electron chi connectivity index (χ3n) is 3.89. The number of hydrogen-bond acceptors (Lipinski definition) is 3. The second-order valence-electron chi connectivity index (χ2n) is 5.35. The Balaban J connectivity index is 2.74. The van der Waals surface area contributed by atoms with Crippen molar-refractivity contribution in [3.05, 3.63) is 0 Å². The first-order chi connectivity index (χ1) is 8.38. The normalized spacial score (nSPS) is 27.0. The number of hydrogen-bond donors (Lipinski definition) is 1. The van der Waals surface area contributed by atoms with Gasteiger partial charge in [-0.25, -0.2) is 0 Å². The Morgan fingerprint density at radius 1 is 1.39 bits per heavy atom. The van der Waals surface area contributed by atoms with Crippen LogP contribution in [0.5, 0.6) is 0 Å². The molecule has 0 spiro atoms. The average molecular weight is 271 g/mol. The molecule has 1 fully saturated rings. The third kappa shape index (κ3) is 3.42. The first-order valence-electron chi connectivity index (χ1n) is 6.68. The van der Waals surface area contributed by atoms with Crippen molar-refractivity contribution in [3.8, 4) is 0 Å². The predicted octanol–water partition coefficient (Wildman–Crippen LogP) is 1.24. The maximum absolute atomic E-state index is 12.5. The minimum absolute atomic E-state index is 0.108. The van der Waals surface area contributed by atoms with Gasteiger partial charge in [-0.3, -0.25) is 9.69 Å². The highest BCUT2D eigenvalue weighted by Crippen LogP contribution is 2.18. The minimum atomic E-state index is -0.284. The van der Waals surface area contributed by atoms with Gasteiger partial charge < -0.3 is 10.6 Å². The average Bonchev–Trinajstić information content (AvgIpc) is 2.31. The van der Waals surface area contributed by atoms with E-state index < -0.39 is 0 Å². The molecule has 1 aliphatic rings. The Bertz CT molecular complexity index is 309. The molecule has 2 N–H and O–H groups in total. The summed E-state index contributed by atoms with van der Waals surface area (Å²) in [5.41, 5.74) is 5.70. The van der Waals surface area contributed by atoms with Crippen LogP contribution in [0.25, 0.3) is 0 Å². The molecule has 0 bridgehead atoms. The van der Waals surface area contributed by atoms with Crippen LogP contribution in [0.4, 0.5) is 0 Å². The summed E-state index contributed by atoms with van der Waals surface area (Å²) in [6, 6.07) is 0.762. The van der Waals surface area contributed by atoms with Gasteiger partial charge >= 0.3 is 0 Å². The smallest absolute Gasteiger partial charge is 0.232 e. The molecule has 5 heteroatoms. The molecule has 4 nitrogen and oxygen atoms in total. The molecule has 3 unspecified atom stereocenters. The summed E-state index contributed by atoms with van der Waals surface area (Å²) >= 11 is 5.03. The van der Waals surface area contributed by atoms with Crippen molar-refractivity contribution in [1.29, 1.82) is 0 Å². The Labute approximate surface area is 115 Å². The summed E-state index contributed by atoms with van der Waals surface area (Å²) in [7, 11) is 2.11. The Morgan fingerprint density at radius 2 is 1.89 bits per heavy atom. The minimum Gasteiger partial charge on any atom is -0.393 e. The topological polar surface area (TPSA) is 49.6 Å². The molecule has 0 aromatic heterocycles. The van der Waals surface area contributed by atoms with Gasteiger partial charge in [0.2, 0.25) is 5.91 Å². The standard InChI is InChI=1S/C13H25N3OS/c1-5-6-11(12(14)18)13(17)16-7-9(2)15(4)10(3)8-16/h9-11H,5-8H2,1-4H3,(H2,14,18). The van der Waals surface area contributed by atoms with Crippen LogP contribution < -0.4 is 5.73 Å². The zero-order chi connectivity index (χ0) is 13.9. The maximum Gasteiger partial charge on any atom is 0.232 e. The van der Waals surface area contributed by atoms with Gasteiger partial charge in [-0.2, -0.15) is 0 Å². The van der Waals surface area contributed by atoms with Crippen LogP contribution in [-0.2, 0) is 4.79 Å². The first kappa shape index (κ1) is 15.4. The Hall–Kier alpha value is -0.680. The predicted molar refractivity (Wildman–Crippen MR) is 78.5 cm³/mol. The van der Waals surface area contributed by atoms with Crippen molar-refractivity contribution in [2.24, 2.45) is 11.7 Å². The zero-order valence-electron chi connectivity index (χ0n) is 11.8. The van der Waals surface area contributed by atoms with E-state index in [0.717, 1.165) is 25.9 Å². The van der Waals surface area contributed by atoms with Gasteiger partial charge in [0.15, 0.2) is 0 Å². The second-order valence-corrected chi connectivity index (χ2v) is 5.82. The number of nitrogens with zero attached hydrogens (tertiary/aromatic N) is 2. The van der Waals surface area contributed by atoms with Gasteiger partial charge in [0.05, 0.1) is 10.9 Å². The molecule has 1 aliphatic heterocycles. The third-order valence-corrected chi connectivity index (χ3v) is 4.17. The lowest BCUT2D eigenvalue weighted by Gasteiger charge is -2.43. The molecule has 0 radical (unpaired) electrons. The van der Waals surface area contributed by atoms with Crippen molar-refractivity contribution in [1.82, 2.24) is 9.80 Å². The van der Waals surface area contributed by atoms with E-state index in [9.17, 15) is 4.79 Å². The number of piperazine rings is 1. The summed E-state index contributed by atoms with van der Waals surface area (Å²) < 4.78 is 0. The number of rotatable bonds is 4. The van der Waals surface area contributed by atoms with Gasteiger partial charge in [0.1, 0.15) is 0 Å². The number of likely N-dealkylation sites (N-methyl/N-ethyl adjacent to an activating group) is 1. The largest absolute Gasteiger partial charge is 0.393 e. The fraction of sp³-hybridized carbons (Fsp3) is 0.846. The number of amides is 1. The van der Waals surface area contributed by atoms with E-state index >= 15 is 0 Å². The molecule has 104 valence electrons. The molecule has 18 heavy (non-hydrogen) atoms. The van der Waals surface area contributed by atoms with E-state index in [1.165, 1.54) is 0 Å². The molecule has 0 aliphatic carbocycles. The maximum atomic E-state index is 12.5. The molecule has 0 saturated carbocycles. The van der Waals surface area contributed by atoms with Crippen LogP contribution in [-0.4, -0.2) is 52.9 Å². The second kappa shape index (κ2) is 6.48. The summed E-state index contributed by atoms with van der Waals surface area (Å²) in [5, 5.41) is 0. The molecule has 1 rings (SSSR count). The van der Waals surface area contributed by atoms with Gasteiger partial charge in [-0.15, -0.1) is 0 Å². The molecule has 1 saturated heterocycles. The highest BCUT2D eigenvalue weighted by Gasteiger charge is 2.33. The van der Waals surface area contributed by atoms with Crippen molar-refractivity contribution in [2.45, 2.75) is 45.7 Å². The van der Waals surface area contributed by atoms with E-state index in [1.807, 2.05) is 11.8 Å². The highest BCUT2D eigenvalue weighted by atomic mass is 32.1. The summed E-state index contributed by atoms with van der Waals surface area (Å²) in [4.78, 5) is 17.0. The fourth-order valence-electron chi connectivity index (χ4n) is 2.48. The van der Waals surface area contributed by atoms with Gasteiger partial charge in [0, 0.05) is 25.2 Å². The van der Waals surface area contributed by atoms with E-state index in [0.29, 0.717) is 17.1 Å². The quantitative estimate of drug-likeness (QED) is 0.782. The molecule has 3 atom stereocenters. The number of carbonyl (C=O) groups is 1. The molecule has 1 heterocycles.